The third kappa shape index (κ3) is 3.08. The SMILES string of the molecule is COC(=O)/C(C#N)=C1\NCC(c2ccc(-c3ccccc3)cc2)O1. The number of nitriles is 1. The second-order valence-corrected chi connectivity index (χ2v) is 5.28. The number of hydrogen-bond donors (Lipinski definition) is 1. The second kappa shape index (κ2) is 6.88. The zero-order chi connectivity index (χ0) is 16.9. The first-order chi connectivity index (χ1) is 11.7. The van der Waals surface area contributed by atoms with Crippen molar-refractivity contribution in [1.82, 2.24) is 5.32 Å². The fourth-order valence-corrected chi connectivity index (χ4v) is 2.56. The van der Waals surface area contributed by atoms with Crippen LogP contribution in [0.5, 0.6) is 0 Å². The minimum atomic E-state index is -0.708. The van der Waals surface area contributed by atoms with Crippen LogP contribution in [0, 0.1) is 11.3 Å². The highest BCUT2D eigenvalue weighted by Gasteiger charge is 2.27. The van der Waals surface area contributed by atoms with Crippen LogP contribution >= 0.6 is 0 Å². The van der Waals surface area contributed by atoms with Gasteiger partial charge in [-0.1, -0.05) is 54.6 Å². The van der Waals surface area contributed by atoms with Gasteiger partial charge < -0.3 is 14.8 Å². The molecular formula is C19H16N2O3. The molecule has 0 aromatic heterocycles. The summed E-state index contributed by atoms with van der Waals surface area (Å²) in [6.45, 7) is 0.488. The van der Waals surface area contributed by atoms with E-state index in [0.717, 1.165) is 16.7 Å². The Balaban J connectivity index is 1.78. The molecule has 1 aliphatic rings. The monoisotopic (exact) mass is 320 g/mol. The lowest BCUT2D eigenvalue weighted by Crippen LogP contribution is -2.13. The number of rotatable bonds is 3. The predicted octanol–water partition coefficient (Wildman–Crippen LogP) is 2.92. The zero-order valence-corrected chi connectivity index (χ0v) is 13.2. The van der Waals surface area contributed by atoms with Crippen LogP contribution in [0.2, 0.25) is 0 Å². The average Bonchev–Trinajstić information content (AvgIpc) is 3.13. The fourth-order valence-electron chi connectivity index (χ4n) is 2.56. The number of nitrogens with one attached hydrogen (secondary N) is 1. The van der Waals surface area contributed by atoms with E-state index >= 15 is 0 Å². The molecule has 1 N–H and O–H groups in total. The van der Waals surface area contributed by atoms with Crippen LogP contribution in [0.15, 0.2) is 66.1 Å². The quantitative estimate of drug-likeness (QED) is 0.535. The molecule has 2 aromatic rings. The Morgan fingerprint density at radius 2 is 1.83 bits per heavy atom. The van der Waals surface area contributed by atoms with E-state index in [1.54, 1.807) is 0 Å². The number of hydrogen-bond acceptors (Lipinski definition) is 5. The molecule has 1 aliphatic heterocycles. The van der Waals surface area contributed by atoms with Crippen LogP contribution in [-0.4, -0.2) is 19.6 Å². The molecule has 0 aliphatic carbocycles. The minimum Gasteiger partial charge on any atom is -0.468 e. The van der Waals surface area contributed by atoms with Gasteiger partial charge in [0.25, 0.3) is 0 Å². The highest BCUT2D eigenvalue weighted by atomic mass is 16.5. The molecule has 24 heavy (non-hydrogen) atoms. The number of carbonyl (C=O) groups is 1. The van der Waals surface area contributed by atoms with E-state index in [-0.39, 0.29) is 17.6 Å². The second-order valence-electron chi connectivity index (χ2n) is 5.28. The van der Waals surface area contributed by atoms with Crippen LogP contribution in [-0.2, 0) is 14.3 Å². The highest BCUT2D eigenvalue weighted by Crippen LogP contribution is 2.28. The molecule has 0 spiro atoms. The van der Waals surface area contributed by atoms with Crippen LogP contribution in [0.1, 0.15) is 11.7 Å². The number of nitrogens with zero attached hydrogens (tertiary/aromatic N) is 1. The van der Waals surface area contributed by atoms with Gasteiger partial charge in [0.05, 0.1) is 13.7 Å². The summed E-state index contributed by atoms with van der Waals surface area (Å²) in [5, 5.41) is 12.0. The lowest BCUT2D eigenvalue weighted by Gasteiger charge is -2.10. The van der Waals surface area contributed by atoms with E-state index in [1.165, 1.54) is 7.11 Å². The molecule has 120 valence electrons. The van der Waals surface area contributed by atoms with Crippen LogP contribution in [0.25, 0.3) is 11.1 Å². The minimum absolute atomic E-state index is 0.152. The van der Waals surface area contributed by atoms with Gasteiger partial charge >= 0.3 is 5.97 Å². The van der Waals surface area contributed by atoms with Gasteiger partial charge in [0.1, 0.15) is 12.2 Å². The summed E-state index contributed by atoms with van der Waals surface area (Å²) in [5.74, 6) is -0.540. The molecule has 1 unspecified atom stereocenters. The first-order valence-electron chi connectivity index (χ1n) is 7.51. The van der Waals surface area contributed by atoms with Crippen molar-refractivity contribution in [1.29, 1.82) is 5.26 Å². The maximum absolute atomic E-state index is 11.6. The Labute approximate surface area is 140 Å². The van der Waals surface area contributed by atoms with Crippen molar-refractivity contribution in [2.24, 2.45) is 0 Å². The summed E-state index contributed by atoms with van der Waals surface area (Å²) in [5.41, 5.74) is 3.08. The lowest BCUT2D eigenvalue weighted by molar-refractivity contribution is -0.135. The topological polar surface area (TPSA) is 71.4 Å². The van der Waals surface area contributed by atoms with Gasteiger partial charge in [-0.05, 0) is 16.7 Å². The first kappa shape index (κ1) is 15.6. The molecule has 0 radical (unpaired) electrons. The molecule has 3 rings (SSSR count). The summed E-state index contributed by atoms with van der Waals surface area (Å²) in [7, 11) is 1.23. The maximum atomic E-state index is 11.6. The molecular weight excluding hydrogens is 304 g/mol. The van der Waals surface area contributed by atoms with Crippen LogP contribution < -0.4 is 5.32 Å². The highest BCUT2D eigenvalue weighted by molar-refractivity contribution is 5.93. The number of methoxy groups -OCH3 is 1. The number of ether oxygens (including phenoxy) is 2. The van der Waals surface area contributed by atoms with Gasteiger partial charge in [-0.15, -0.1) is 0 Å². The number of esters is 1. The molecule has 2 aromatic carbocycles. The molecule has 1 saturated heterocycles. The fraction of sp³-hybridized carbons (Fsp3) is 0.158. The van der Waals surface area contributed by atoms with Gasteiger partial charge in [-0.3, -0.25) is 0 Å². The lowest BCUT2D eigenvalue weighted by atomic mass is 10.0. The molecule has 1 fully saturated rings. The summed E-state index contributed by atoms with van der Waals surface area (Å²) in [6, 6.07) is 19.9. The normalized spacial score (nSPS) is 18.1. The van der Waals surface area contributed by atoms with Gasteiger partial charge in [0.15, 0.2) is 5.57 Å². The Hall–Kier alpha value is -3.26. The number of benzene rings is 2. The summed E-state index contributed by atoms with van der Waals surface area (Å²) < 4.78 is 10.3. The first-order valence-corrected chi connectivity index (χ1v) is 7.51. The molecule has 5 nitrogen and oxygen atoms in total. The molecule has 5 heteroatoms. The van der Waals surface area contributed by atoms with Crippen molar-refractivity contribution in [2.45, 2.75) is 6.10 Å². The van der Waals surface area contributed by atoms with E-state index < -0.39 is 5.97 Å². The van der Waals surface area contributed by atoms with Crippen LogP contribution in [0.4, 0.5) is 0 Å². The third-order valence-electron chi connectivity index (χ3n) is 3.83. The van der Waals surface area contributed by atoms with Crippen LogP contribution in [0.3, 0.4) is 0 Å². The van der Waals surface area contributed by atoms with Gasteiger partial charge in [0, 0.05) is 0 Å². The van der Waals surface area contributed by atoms with Crippen molar-refractivity contribution in [3.05, 3.63) is 71.6 Å². The van der Waals surface area contributed by atoms with Gasteiger partial charge in [0.2, 0.25) is 5.88 Å². The summed E-state index contributed by atoms with van der Waals surface area (Å²) in [4.78, 5) is 11.6. The van der Waals surface area contributed by atoms with E-state index in [0.29, 0.717) is 6.54 Å². The Kier molecular flexibility index (Phi) is 4.48. The summed E-state index contributed by atoms with van der Waals surface area (Å²) >= 11 is 0. The van der Waals surface area contributed by atoms with Gasteiger partial charge in [-0.25, -0.2) is 4.79 Å². The van der Waals surface area contributed by atoms with Crippen molar-refractivity contribution < 1.29 is 14.3 Å². The maximum Gasteiger partial charge on any atom is 0.354 e. The zero-order valence-electron chi connectivity index (χ0n) is 13.2. The smallest absolute Gasteiger partial charge is 0.354 e. The van der Waals surface area contributed by atoms with Gasteiger partial charge in [-0.2, -0.15) is 5.26 Å². The van der Waals surface area contributed by atoms with Crippen molar-refractivity contribution in [3.63, 3.8) is 0 Å². The predicted molar refractivity (Wildman–Crippen MR) is 88.4 cm³/mol. The van der Waals surface area contributed by atoms with E-state index in [2.05, 4.69) is 22.2 Å². The van der Waals surface area contributed by atoms with E-state index in [4.69, 9.17) is 10.00 Å². The standard InChI is InChI=1S/C19H16N2O3/c1-23-19(22)16(11-20)18-21-12-17(24-18)15-9-7-14(8-10-15)13-5-3-2-4-6-13/h2-10,17,21H,12H2,1H3/b18-16+. The molecule has 1 atom stereocenters. The Morgan fingerprint density at radius 3 is 2.46 bits per heavy atom. The van der Waals surface area contributed by atoms with Crippen molar-refractivity contribution in [2.75, 3.05) is 13.7 Å². The van der Waals surface area contributed by atoms with E-state index in [9.17, 15) is 4.79 Å². The van der Waals surface area contributed by atoms with Crippen molar-refractivity contribution in [3.8, 4) is 17.2 Å². The van der Waals surface area contributed by atoms with E-state index in [1.807, 2.05) is 48.5 Å². The summed E-state index contributed by atoms with van der Waals surface area (Å²) in [6.07, 6.45) is -0.252. The van der Waals surface area contributed by atoms with Crippen molar-refractivity contribution >= 4 is 5.97 Å². The Morgan fingerprint density at radius 1 is 1.17 bits per heavy atom. The average molecular weight is 320 g/mol. The molecule has 0 amide bonds. The number of carbonyl (C=O) groups excluding carboxylic acids is 1. The Bertz CT molecular complexity index is 805. The third-order valence-corrected chi connectivity index (χ3v) is 3.83. The molecule has 1 heterocycles. The molecule has 0 saturated carbocycles. The molecule has 0 bridgehead atoms. The largest absolute Gasteiger partial charge is 0.468 e.